The van der Waals surface area contributed by atoms with Crippen molar-refractivity contribution in [3.05, 3.63) is 45.6 Å². The maximum Gasteiger partial charge on any atom is 0.227 e. The molecule has 5 rings (SSSR count). The number of nitrogens with one attached hydrogen (secondary N) is 1. The van der Waals surface area contributed by atoms with Gasteiger partial charge >= 0.3 is 0 Å². The summed E-state index contributed by atoms with van der Waals surface area (Å²) in [5.41, 5.74) is 2.01. The van der Waals surface area contributed by atoms with E-state index in [1.807, 2.05) is 39.1 Å². The van der Waals surface area contributed by atoms with Crippen molar-refractivity contribution in [3.63, 3.8) is 0 Å². The predicted molar refractivity (Wildman–Crippen MR) is 146 cm³/mol. The zero-order chi connectivity index (χ0) is 24.9. The average Bonchev–Trinajstić information content (AvgIpc) is 2.80. The molecule has 1 saturated carbocycles. The van der Waals surface area contributed by atoms with Gasteiger partial charge in [-0.15, -0.1) is 0 Å². The summed E-state index contributed by atoms with van der Waals surface area (Å²) in [6.07, 6.45) is 6.87. The van der Waals surface area contributed by atoms with Crippen LogP contribution in [0.4, 0.5) is 11.8 Å². The van der Waals surface area contributed by atoms with Crippen LogP contribution in [0.3, 0.4) is 0 Å². The minimum Gasteiger partial charge on any atom is -0.396 e. The summed E-state index contributed by atoms with van der Waals surface area (Å²) in [6.45, 7) is 11.5. The Morgan fingerprint density at radius 3 is 2.60 bits per heavy atom. The Morgan fingerprint density at radius 1 is 1.11 bits per heavy atom. The number of nitrogens with zero attached hydrogens (tertiary/aromatic N) is 4. The van der Waals surface area contributed by atoms with Gasteiger partial charge in [-0.2, -0.15) is 4.98 Å². The minimum atomic E-state index is 0.353. The lowest BCUT2D eigenvalue weighted by Crippen LogP contribution is -2.56. The van der Waals surface area contributed by atoms with Gasteiger partial charge in [0.25, 0.3) is 0 Å². The van der Waals surface area contributed by atoms with Crippen LogP contribution in [0.25, 0.3) is 0 Å². The molecule has 1 aliphatic carbocycles. The lowest BCUT2D eigenvalue weighted by atomic mass is 9.76. The van der Waals surface area contributed by atoms with Crippen molar-refractivity contribution in [2.45, 2.75) is 59.0 Å². The first kappa shape index (κ1) is 26.5. The average molecular weight is 521 g/mol. The third-order valence-corrected chi connectivity index (χ3v) is 8.34. The molecule has 6 nitrogen and oxygen atoms in total. The third-order valence-electron chi connectivity index (χ3n) is 7.75. The monoisotopic (exact) mass is 519 g/mol. The predicted octanol–water partition coefficient (Wildman–Crippen LogP) is 5.65. The Balaban J connectivity index is 0.00000141. The fourth-order valence-electron chi connectivity index (χ4n) is 5.49. The number of benzene rings is 1. The van der Waals surface area contributed by atoms with Crippen LogP contribution < -0.4 is 10.2 Å². The first-order valence-corrected chi connectivity index (χ1v) is 13.9. The van der Waals surface area contributed by atoms with E-state index in [0.717, 1.165) is 47.8 Å². The normalized spacial score (nSPS) is 24.7. The van der Waals surface area contributed by atoms with Gasteiger partial charge < -0.3 is 20.2 Å². The van der Waals surface area contributed by atoms with E-state index in [1.165, 1.54) is 38.8 Å². The van der Waals surface area contributed by atoms with E-state index in [2.05, 4.69) is 20.1 Å². The van der Waals surface area contributed by atoms with Crippen molar-refractivity contribution in [1.82, 2.24) is 14.9 Å². The molecule has 3 heterocycles. The number of aromatic nitrogens is 2. The highest BCUT2D eigenvalue weighted by Gasteiger charge is 2.40. The number of hydrogen-bond donors (Lipinski definition) is 2. The number of rotatable bonds is 7. The van der Waals surface area contributed by atoms with Crippen molar-refractivity contribution < 1.29 is 5.11 Å². The van der Waals surface area contributed by atoms with Crippen molar-refractivity contribution in [3.8, 4) is 0 Å². The van der Waals surface area contributed by atoms with E-state index < -0.39 is 0 Å². The second-order valence-corrected chi connectivity index (χ2v) is 10.9. The smallest absolute Gasteiger partial charge is 0.227 e. The van der Waals surface area contributed by atoms with Crippen molar-refractivity contribution in [1.29, 1.82) is 0 Å². The van der Waals surface area contributed by atoms with Gasteiger partial charge in [0.15, 0.2) is 0 Å². The van der Waals surface area contributed by atoms with E-state index in [1.54, 1.807) is 6.07 Å². The van der Waals surface area contributed by atoms with Crippen LogP contribution in [0.5, 0.6) is 0 Å². The number of aliphatic hydroxyl groups excluding tert-OH is 1. The Bertz CT molecular complexity index is 978. The molecule has 2 aliphatic heterocycles. The third kappa shape index (κ3) is 6.22. The van der Waals surface area contributed by atoms with E-state index >= 15 is 0 Å². The highest BCUT2D eigenvalue weighted by Crippen LogP contribution is 2.38. The van der Waals surface area contributed by atoms with Gasteiger partial charge in [-0.05, 0) is 74.6 Å². The maximum atomic E-state index is 9.33. The molecule has 2 N–H and O–H groups in total. The summed E-state index contributed by atoms with van der Waals surface area (Å²) in [7, 11) is 0. The SMILES string of the molecule is CC.Cc1cnc(N2CC(C3CCCN(C4CC(CO)C4)C3)C2)nc1NCc1ccc(Cl)cc1Cl. The van der Waals surface area contributed by atoms with Crippen LogP contribution >= 0.6 is 23.2 Å². The second-order valence-electron chi connectivity index (χ2n) is 10.0. The van der Waals surface area contributed by atoms with Crippen molar-refractivity contribution >= 4 is 35.0 Å². The number of halogens is 2. The first-order valence-electron chi connectivity index (χ1n) is 13.1. The van der Waals surface area contributed by atoms with E-state index in [-0.39, 0.29) is 0 Å². The minimum absolute atomic E-state index is 0.353. The molecule has 0 bridgehead atoms. The molecule has 35 heavy (non-hydrogen) atoms. The van der Waals surface area contributed by atoms with Gasteiger partial charge in [-0.1, -0.05) is 43.1 Å². The molecule has 2 aromatic rings. The number of likely N-dealkylation sites (tertiary alicyclic amines) is 1. The number of aryl methyl sites for hydroxylation is 1. The molecular weight excluding hydrogens is 481 g/mol. The zero-order valence-corrected chi connectivity index (χ0v) is 22.7. The Hall–Kier alpha value is -1.60. The molecule has 3 fully saturated rings. The van der Waals surface area contributed by atoms with E-state index in [4.69, 9.17) is 28.2 Å². The zero-order valence-electron chi connectivity index (χ0n) is 21.2. The molecule has 192 valence electrons. The topological polar surface area (TPSA) is 64.5 Å². The molecule has 0 amide bonds. The van der Waals surface area contributed by atoms with Crippen molar-refractivity contribution in [2.75, 3.05) is 43.0 Å². The Morgan fingerprint density at radius 2 is 1.89 bits per heavy atom. The Labute approximate surface area is 220 Å². The first-order chi connectivity index (χ1) is 17.0. The summed E-state index contributed by atoms with van der Waals surface area (Å²) in [6, 6.07) is 6.26. The van der Waals surface area contributed by atoms with Crippen molar-refractivity contribution in [2.24, 2.45) is 17.8 Å². The summed E-state index contributed by atoms with van der Waals surface area (Å²) < 4.78 is 0. The number of anilines is 2. The van der Waals surface area contributed by atoms with Crippen LogP contribution in [-0.2, 0) is 6.54 Å². The maximum absolute atomic E-state index is 9.33. The molecular formula is C27H39Cl2N5O. The van der Waals surface area contributed by atoms with Gasteiger partial charge in [0.1, 0.15) is 5.82 Å². The largest absolute Gasteiger partial charge is 0.396 e. The summed E-state index contributed by atoms with van der Waals surface area (Å²) in [5, 5.41) is 14.0. The quantitative estimate of drug-likeness (QED) is 0.492. The number of aliphatic hydroxyl groups is 1. The molecule has 1 aromatic heterocycles. The van der Waals surface area contributed by atoms with Crippen LogP contribution in [0, 0.1) is 24.7 Å². The van der Waals surface area contributed by atoms with E-state index in [0.29, 0.717) is 35.2 Å². The molecule has 8 heteroatoms. The van der Waals surface area contributed by atoms with Crippen LogP contribution in [-0.4, -0.2) is 58.8 Å². The van der Waals surface area contributed by atoms with Gasteiger partial charge in [-0.3, -0.25) is 0 Å². The van der Waals surface area contributed by atoms with Gasteiger partial charge in [0.05, 0.1) is 0 Å². The van der Waals surface area contributed by atoms with Crippen LogP contribution in [0.2, 0.25) is 10.0 Å². The number of hydrogen-bond acceptors (Lipinski definition) is 6. The number of piperidine rings is 1. The summed E-state index contributed by atoms with van der Waals surface area (Å²) in [5.74, 6) is 3.67. The van der Waals surface area contributed by atoms with Gasteiger partial charge in [0.2, 0.25) is 5.95 Å². The summed E-state index contributed by atoms with van der Waals surface area (Å²) >= 11 is 12.3. The highest BCUT2D eigenvalue weighted by atomic mass is 35.5. The van der Waals surface area contributed by atoms with Crippen LogP contribution in [0.15, 0.2) is 24.4 Å². The molecule has 3 aliphatic rings. The molecule has 0 radical (unpaired) electrons. The van der Waals surface area contributed by atoms with E-state index in [9.17, 15) is 5.11 Å². The van der Waals surface area contributed by atoms with Gasteiger partial charge in [-0.25, -0.2) is 4.98 Å². The molecule has 0 spiro atoms. The fraction of sp³-hybridized carbons (Fsp3) is 0.630. The molecule has 1 aromatic carbocycles. The molecule has 1 atom stereocenters. The molecule has 2 saturated heterocycles. The van der Waals surface area contributed by atoms with Crippen LogP contribution in [0.1, 0.15) is 50.7 Å². The highest BCUT2D eigenvalue weighted by molar-refractivity contribution is 6.35. The standard InChI is InChI=1S/C25H33Cl2N5O.C2H6/c1-16-10-29-25(30-24(16)28-11-18-4-5-21(26)9-23(18)27)32-13-20(14-32)19-3-2-6-31(12-19)22-7-17(8-22)15-33;1-2/h4-5,9-10,17,19-20,22,33H,2-3,6-8,11-15H2,1H3,(H,28,29,30);1-2H3. The fourth-order valence-corrected chi connectivity index (χ4v) is 5.96. The summed E-state index contributed by atoms with van der Waals surface area (Å²) in [4.78, 5) is 14.4. The van der Waals surface area contributed by atoms with Gasteiger partial charge in [0, 0.05) is 60.6 Å². The lowest BCUT2D eigenvalue weighted by Gasteiger charge is -2.50. The Kier molecular flexibility index (Phi) is 9.14. The lowest BCUT2D eigenvalue weighted by molar-refractivity contribution is 0.00777. The molecule has 1 unspecified atom stereocenters. The second kappa shape index (κ2) is 12.1.